The van der Waals surface area contributed by atoms with Crippen molar-refractivity contribution in [3.8, 4) is 0 Å². The van der Waals surface area contributed by atoms with E-state index in [-0.39, 0.29) is 5.91 Å². The Kier molecular flexibility index (Phi) is 4.31. The van der Waals surface area contributed by atoms with Crippen LogP contribution in [0.5, 0.6) is 0 Å². The molecular weight excluding hydrogens is 388 g/mol. The summed E-state index contributed by atoms with van der Waals surface area (Å²) in [5, 5.41) is 1.10. The summed E-state index contributed by atoms with van der Waals surface area (Å²) >= 11 is 2.90. The Morgan fingerprint density at radius 3 is 2.18 bits per heavy atom. The minimum Gasteiger partial charge on any atom is -0.276 e. The van der Waals surface area contributed by atoms with Gasteiger partial charge in [-0.1, -0.05) is 41.7 Å². The lowest BCUT2D eigenvalue weighted by atomic mass is 10.3. The van der Waals surface area contributed by atoms with Gasteiger partial charge in [0.25, 0.3) is 5.91 Å². The van der Waals surface area contributed by atoms with Crippen molar-refractivity contribution in [1.82, 2.24) is 15.0 Å². The minimum absolute atomic E-state index is 0.161. The van der Waals surface area contributed by atoms with Gasteiger partial charge in [-0.15, -0.1) is 11.3 Å². The summed E-state index contributed by atoms with van der Waals surface area (Å²) in [6.07, 6.45) is 1.73. The molecule has 0 radical (unpaired) electrons. The van der Waals surface area contributed by atoms with Crippen LogP contribution in [0.3, 0.4) is 0 Å². The normalized spacial score (nSPS) is 11.1. The van der Waals surface area contributed by atoms with Crippen molar-refractivity contribution in [2.75, 3.05) is 4.90 Å². The average Bonchev–Trinajstić information content (AvgIpc) is 3.36. The lowest BCUT2D eigenvalue weighted by Crippen LogP contribution is -2.30. The van der Waals surface area contributed by atoms with E-state index in [2.05, 4.69) is 15.0 Å². The standard InChI is InChI=1S/C21H14N4OS2/c26-20(19-23-15-8-1-3-10-17(15)27-19)25(13-14-7-5-6-12-22-14)21-24-16-9-2-4-11-18(16)28-21/h1-12H,13H2. The van der Waals surface area contributed by atoms with Gasteiger partial charge in [-0.3, -0.25) is 14.7 Å². The van der Waals surface area contributed by atoms with E-state index in [1.54, 1.807) is 11.1 Å². The second-order valence-corrected chi connectivity index (χ2v) is 8.20. The van der Waals surface area contributed by atoms with Gasteiger partial charge in [-0.25, -0.2) is 9.97 Å². The fourth-order valence-electron chi connectivity index (χ4n) is 2.93. The van der Waals surface area contributed by atoms with Gasteiger partial charge in [0, 0.05) is 6.20 Å². The van der Waals surface area contributed by atoms with Crippen molar-refractivity contribution >= 4 is 54.1 Å². The van der Waals surface area contributed by atoms with E-state index < -0.39 is 0 Å². The van der Waals surface area contributed by atoms with Crippen molar-refractivity contribution in [2.24, 2.45) is 0 Å². The van der Waals surface area contributed by atoms with Crippen molar-refractivity contribution < 1.29 is 4.79 Å². The maximum absolute atomic E-state index is 13.4. The second-order valence-electron chi connectivity index (χ2n) is 6.16. The van der Waals surface area contributed by atoms with Gasteiger partial charge in [0.2, 0.25) is 0 Å². The van der Waals surface area contributed by atoms with Crippen molar-refractivity contribution in [3.05, 3.63) is 83.6 Å². The second kappa shape index (κ2) is 7.10. The van der Waals surface area contributed by atoms with E-state index in [9.17, 15) is 4.79 Å². The van der Waals surface area contributed by atoms with E-state index in [1.165, 1.54) is 22.7 Å². The number of carbonyl (C=O) groups excluding carboxylic acids is 1. The predicted octanol–water partition coefficient (Wildman–Crippen LogP) is 5.15. The number of fused-ring (bicyclic) bond motifs is 2. The zero-order valence-corrected chi connectivity index (χ0v) is 16.3. The number of anilines is 1. The Bertz CT molecular complexity index is 1210. The first kappa shape index (κ1) is 17.0. The fraction of sp³-hybridized carbons (Fsp3) is 0.0476. The van der Waals surface area contributed by atoms with Crippen LogP contribution in [0, 0.1) is 0 Å². The fourth-order valence-corrected chi connectivity index (χ4v) is 4.81. The lowest BCUT2D eigenvalue weighted by Gasteiger charge is -2.18. The number of benzene rings is 2. The zero-order valence-electron chi connectivity index (χ0n) is 14.6. The molecule has 0 N–H and O–H groups in total. The summed E-state index contributed by atoms with van der Waals surface area (Å²) in [5.41, 5.74) is 2.51. The first-order chi connectivity index (χ1) is 13.8. The van der Waals surface area contributed by atoms with E-state index in [0.717, 1.165) is 26.1 Å². The first-order valence-corrected chi connectivity index (χ1v) is 10.3. The highest BCUT2D eigenvalue weighted by atomic mass is 32.1. The monoisotopic (exact) mass is 402 g/mol. The van der Waals surface area contributed by atoms with Crippen LogP contribution in [0.1, 0.15) is 15.5 Å². The molecule has 0 unspecified atom stereocenters. The highest BCUT2D eigenvalue weighted by Crippen LogP contribution is 2.32. The number of rotatable bonds is 4. The SMILES string of the molecule is O=C(c1nc2ccccc2s1)N(Cc1ccccn1)c1nc2ccccc2s1. The summed E-state index contributed by atoms with van der Waals surface area (Å²) in [7, 11) is 0. The molecule has 1 amide bonds. The predicted molar refractivity (Wildman–Crippen MR) is 114 cm³/mol. The molecule has 136 valence electrons. The maximum Gasteiger partial charge on any atom is 0.289 e. The molecule has 0 saturated heterocycles. The Balaban J connectivity index is 1.59. The topological polar surface area (TPSA) is 59.0 Å². The number of para-hydroxylation sites is 2. The van der Waals surface area contributed by atoms with E-state index >= 15 is 0 Å². The van der Waals surface area contributed by atoms with E-state index in [1.807, 2.05) is 66.7 Å². The molecule has 2 aromatic carbocycles. The van der Waals surface area contributed by atoms with Crippen LogP contribution in [0.15, 0.2) is 72.9 Å². The third-order valence-corrected chi connectivity index (χ3v) is 6.37. The third kappa shape index (κ3) is 3.15. The Morgan fingerprint density at radius 2 is 1.50 bits per heavy atom. The molecule has 28 heavy (non-hydrogen) atoms. The molecule has 0 fully saturated rings. The Labute approximate surface area is 168 Å². The minimum atomic E-state index is -0.161. The first-order valence-electron chi connectivity index (χ1n) is 8.71. The Hall–Kier alpha value is -3.16. The lowest BCUT2D eigenvalue weighted by molar-refractivity contribution is 0.0984. The number of nitrogens with zero attached hydrogens (tertiary/aromatic N) is 4. The number of carbonyl (C=O) groups is 1. The molecule has 0 atom stereocenters. The summed E-state index contributed by atoms with van der Waals surface area (Å²) in [6, 6.07) is 21.4. The third-order valence-electron chi connectivity index (χ3n) is 4.28. The molecule has 0 spiro atoms. The molecule has 0 aliphatic rings. The van der Waals surface area contributed by atoms with Gasteiger partial charge in [0.05, 0.1) is 32.7 Å². The number of hydrogen-bond acceptors (Lipinski definition) is 6. The summed E-state index contributed by atoms with van der Waals surface area (Å²) in [4.78, 5) is 28.7. The molecule has 0 aliphatic heterocycles. The van der Waals surface area contributed by atoms with Crippen LogP contribution >= 0.6 is 22.7 Å². The van der Waals surface area contributed by atoms with Crippen molar-refractivity contribution in [3.63, 3.8) is 0 Å². The molecule has 0 saturated carbocycles. The van der Waals surface area contributed by atoms with Crippen LogP contribution in [-0.4, -0.2) is 20.9 Å². The van der Waals surface area contributed by atoms with Crippen LogP contribution in [0.4, 0.5) is 5.13 Å². The van der Waals surface area contributed by atoms with Gasteiger partial charge in [-0.2, -0.15) is 0 Å². The number of amides is 1. The number of thiazole rings is 2. The summed E-state index contributed by atoms with van der Waals surface area (Å²) in [6.45, 7) is 0.343. The molecule has 3 aromatic heterocycles. The molecule has 5 rings (SSSR count). The highest BCUT2D eigenvalue weighted by Gasteiger charge is 2.25. The van der Waals surface area contributed by atoms with Gasteiger partial charge >= 0.3 is 0 Å². The maximum atomic E-state index is 13.4. The molecular formula is C21H14N4OS2. The Morgan fingerprint density at radius 1 is 0.821 bits per heavy atom. The molecule has 7 heteroatoms. The van der Waals surface area contributed by atoms with Gasteiger partial charge in [0.15, 0.2) is 10.1 Å². The average molecular weight is 403 g/mol. The smallest absolute Gasteiger partial charge is 0.276 e. The van der Waals surface area contributed by atoms with Crippen LogP contribution < -0.4 is 4.90 Å². The van der Waals surface area contributed by atoms with Crippen LogP contribution in [-0.2, 0) is 6.54 Å². The van der Waals surface area contributed by atoms with Crippen molar-refractivity contribution in [1.29, 1.82) is 0 Å². The highest BCUT2D eigenvalue weighted by molar-refractivity contribution is 7.22. The number of aromatic nitrogens is 3. The molecule has 3 heterocycles. The molecule has 5 aromatic rings. The quantitative estimate of drug-likeness (QED) is 0.417. The van der Waals surface area contributed by atoms with Crippen LogP contribution in [0.25, 0.3) is 20.4 Å². The largest absolute Gasteiger partial charge is 0.289 e. The zero-order chi connectivity index (χ0) is 18.9. The summed E-state index contributed by atoms with van der Waals surface area (Å²) in [5.74, 6) is -0.161. The summed E-state index contributed by atoms with van der Waals surface area (Å²) < 4.78 is 2.04. The van der Waals surface area contributed by atoms with Crippen molar-refractivity contribution in [2.45, 2.75) is 6.54 Å². The molecule has 5 nitrogen and oxygen atoms in total. The van der Waals surface area contributed by atoms with E-state index in [0.29, 0.717) is 16.7 Å². The van der Waals surface area contributed by atoms with Gasteiger partial charge in [0.1, 0.15) is 0 Å². The van der Waals surface area contributed by atoms with Gasteiger partial charge in [-0.05, 0) is 36.4 Å². The van der Waals surface area contributed by atoms with Gasteiger partial charge < -0.3 is 0 Å². The van der Waals surface area contributed by atoms with Crippen LogP contribution in [0.2, 0.25) is 0 Å². The molecule has 0 bridgehead atoms. The number of pyridine rings is 1. The van der Waals surface area contributed by atoms with E-state index in [4.69, 9.17) is 0 Å². The number of hydrogen-bond donors (Lipinski definition) is 0. The molecule has 0 aliphatic carbocycles.